The van der Waals surface area contributed by atoms with E-state index in [1.165, 1.54) is 11.1 Å². The molecule has 0 spiro atoms. The lowest BCUT2D eigenvalue weighted by molar-refractivity contribution is 0.478. The third-order valence-electron chi connectivity index (χ3n) is 3.39. The van der Waals surface area contributed by atoms with E-state index < -0.39 is 0 Å². The molecule has 3 heteroatoms. The molecular formula is C18H22ClNO. The fraction of sp³-hybridized carbons (Fsp3) is 0.333. The highest BCUT2D eigenvalue weighted by Crippen LogP contribution is 2.29. The van der Waals surface area contributed by atoms with E-state index in [4.69, 9.17) is 16.3 Å². The van der Waals surface area contributed by atoms with E-state index >= 15 is 0 Å². The Morgan fingerprint density at radius 2 is 1.81 bits per heavy atom. The number of halogens is 1. The standard InChI is InChI=1S/C18H22ClNO/c1-12(2)20-11-15-6-8-17(9-14(15)4)21-18-10-16(19)7-5-13(18)3/h5-10,12,20H,11H2,1-4H3. The molecule has 1 N–H and O–H groups in total. The zero-order valence-electron chi connectivity index (χ0n) is 13.0. The molecule has 0 aliphatic heterocycles. The second-order valence-corrected chi connectivity index (χ2v) is 6.07. The fourth-order valence-corrected chi connectivity index (χ4v) is 2.22. The summed E-state index contributed by atoms with van der Waals surface area (Å²) in [7, 11) is 0. The molecular weight excluding hydrogens is 282 g/mol. The van der Waals surface area contributed by atoms with Crippen LogP contribution in [0.5, 0.6) is 11.5 Å². The lowest BCUT2D eigenvalue weighted by atomic mass is 10.1. The summed E-state index contributed by atoms with van der Waals surface area (Å²) in [5.41, 5.74) is 3.59. The van der Waals surface area contributed by atoms with E-state index in [0.717, 1.165) is 23.6 Å². The van der Waals surface area contributed by atoms with Gasteiger partial charge >= 0.3 is 0 Å². The maximum Gasteiger partial charge on any atom is 0.131 e. The maximum absolute atomic E-state index is 6.02. The molecule has 0 saturated carbocycles. The highest BCUT2D eigenvalue weighted by Gasteiger charge is 2.05. The first kappa shape index (κ1) is 15.9. The molecule has 21 heavy (non-hydrogen) atoms. The lowest BCUT2D eigenvalue weighted by Gasteiger charge is -2.13. The van der Waals surface area contributed by atoms with Gasteiger partial charge in [0, 0.05) is 17.6 Å². The molecule has 0 saturated heterocycles. The number of hydrogen-bond donors (Lipinski definition) is 1. The van der Waals surface area contributed by atoms with Crippen molar-refractivity contribution in [3.63, 3.8) is 0 Å². The summed E-state index contributed by atoms with van der Waals surface area (Å²) in [5, 5.41) is 4.12. The molecule has 2 aromatic carbocycles. The predicted octanol–water partition coefficient (Wildman–Crippen LogP) is 5.25. The van der Waals surface area contributed by atoms with Gasteiger partial charge in [-0.25, -0.2) is 0 Å². The van der Waals surface area contributed by atoms with Gasteiger partial charge in [0.25, 0.3) is 0 Å². The van der Waals surface area contributed by atoms with E-state index in [1.807, 2.05) is 31.2 Å². The van der Waals surface area contributed by atoms with Crippen LogP contribution in [0.1, 0.15) is 30.5 Å². The zero-order valence-corrected chi connectivity index (χ0v) is 13.8. The molecule has 0 unspecified atom stereocenters. The number of hydrogen-bond acceptors (Lipinski definition) is 2. The number of ether oxygens (including phenoxy) is 1. The Morgan fingerprint density at radius 3 is 2.48 bits per heavy atom. The smallest absolute Gasteiger partial charge is 0.131 e. The van der Waals surface area contributed by atoms with Crippen molar-refractivity contribution >= 4 is 11.6 Å². The summed E-state index contributed by atoms with van der Waals surface area (Å²) >= 11 is 6.02. The lowest BCUT2D eigenvalue weighted by Crippen LogP contribution is -2.22. The van der Waals surface area contributed by atoms with Crippen LogP contribution in [0.15, 0.2) is 36.4 Å². The minimum absolute atomic E-state index is 0.481. The molecule has 0 aliphatic rings. The SMILES string of the molecule is Cc1cc(Oc2cc(Cl)ccc2C)ccc1CNC(C)C. The molecule has 0 atom stereocenters. The highest BCUT2D eigenvalue weighted by atomic mass is 35.5. The van der Waals surface area contributed by atoms with Crippen LogP contribution in [0.4, 0.5) is 0 Å². The van der Waals surface area contributed by atoms with Crippen LogP contribution in [-0.2, 0) is 6.54 Å². The molecule has 2 nitrogen and oxygen atoms in total. The van der Waals surface area contributed by atoms with Crippen molar-refractivity contribution in [2.75, 3.05) is 0 Å². The summed E-state index contributed by atoms with van der Waals surface area (Å²) in [5.74, 6) is 1.64. The molecule has 0 bridgehead atoms. The van der Waals surface area contributed by atoms with E-state index in [9.17, 15) is 0 Å². The monoisotopic (exact) mass is 303 g/mol. The van der Waals surface area contributed by atoms with Crippen LogP contribution in [0.25, 0.3) is 0 Å². The number of rotatable bonds is 5. The largest absolute Gasteiger partial charge is 0.457 e. The second kappa shape index (κ2) is 6.97. The van der Waals surface area contributed by atoms with E-state index in [0.29, 0.717) is 11.1 Å². The van der Waals surface area contributed by atoms with Crippen LogP contribution in [-0.4, -0.2) is 6.04 Å². The first-order chi connectivity index (χ1) is 9.95. The van der Waals surface area contributed by atoms with Crippen LogP contribution in [0.3, 0.4) is 0 Å². The number of benzene rings is 2. The van der Waals surface area contributed by atoms with Crippen molar-refractivity contribution in [1.29, 1.82) is 0 Å². The minimum Gasteiger partial charge on any atom is -0.457 e. The van der Waals surface area contributed by atoms with Crippen LogP contribution < -0.4 is 10.1 Å². The van der Waals surface area contributed by atoms with Crippen LogP contribution in [0.2, 0.25) is 5.02 Å². The summed E-state index contributed by atoms with van der Waals surface area (Å²) in [6.07, 6.45) is 0. The molecule has 0 aromatic heterocycles. The molecule has 0 heterocycles. The van der Waals surface area contributed by atoms with Gasteiger partial charge in [0.2, 0.25) is 0 Å². The average molecular weight is 304 g/mol. The van der Waals surface area contributed by atoms with Crippen molar-refractivity contribution in [3.8, 4) is 11.5 Å². The molecule has 0 aliphatic carbocycles. The van der Waals surface area contributed by atoms with Crippen molar-refractivity contribution in [2.24, 2.45) is 0 Å². The zero-order chi connectivity index (χ0) is 15.4. The van der Waals surface area contributed by atoms with Crippen molar-refractivity contribution in [1.82, 2.24) is 5.32 Å². The first-order valence-electron chi connectivity index (χ1n) is 7.22. The molecule has 2 rings (SSSR count). The van der Waals surface area contributed by atoms with Gasteiger partial charge in [0.05, 0.1) is 0 Å². The van der Waals surface area contributed by atoms with Crippen molar-refractivity contribution < 1.29 is 4.74 Å². The van der Waals surface area contributed by atoms with E-state index in [2.05, 4.69) is 38.2 Å². The van der Waals surface area contributed by atoms with Gasteiger partial charge in [-0.15, -0.1) is 0 Å². The van der Waals surface area contributed by atoms with Gasteiger partial charge in [-0.2, -0.15) is 0 Å². The molecule has 0 amide bonds. The van der Waals surface area contributed by atoms with Gasteiger partial charge in [0.15, 0.2) is 0 Å². The van der Waals surface area contributed by atoms with Crippen molar-refractivity contribution in [3.05, 3.63) is 58.1 Å². The van der Waals surface area contributed by atoms with Crippen LogP contribution in [0, 0.1) is 13.8 Å². The first-order valence-corrected chi connectivity index (χ1v) is 7.60. The van der Waals surface area contributed by atoms with Gasteiger partial charge in [0.1, 0.15) is 11.5 Å². The molecule has 0 radical (unpaired) electrons. The number of aryl methyl sites for hydroxylation is 2. The Kier molecular flexibility index (Phi) is 5.27. The maximum atomic E-state index is 6.02. The number of nitrogens with one attached hydrogen (secondary N) is 1. The van der Waals surface area contributed by atoms with Gasteiger partial charge in [-0.05, 0) is 54.8 Å². The fourth-order valence-electron chi connectivity index (χ4n) is 2.06. The van der Waals surface area contributed by atoms with Gasteiger partial charge in [-0.1, -0.05) is 37.6 Å². The average Bonchev–Trinajstić information content (AvgIpc) is 2.42. The van der Waals surface area contributed by atoms with E-state index in [1.54, 1.807) is 0 Å². The third-order valence-corrected chi connectivity index (χ3v) is 3.63. The Hall–Kier alpha value is -1.51. The topological polar surface area (TPSA) is 21.3 Å². The normalized spacial score (nSPS) is 11.0. The summed E-state index contributed by atoms with van der Waals surface area (Å²) in [6.45, 7) is 9.29. The Bertz CT molecular complexity index is 623. The Morgan fingerprint density at radius 1 is 1.05 bits per heavy atom. The summed E-state index contributed by atoms with van der Waals surface area (Å²) in [6, 6.07) is 12.3. The van der Waals surface area contributed by atoms with Crippen molar-refractivity contribution in [2.45, 2.75) is 40.3 Å². The van der Waals surface area contributed by atoms with Gasteiger partial charge in [-0.3, -0.25) is 0 Å². The Labute approximate surface area is 132 Å². The summed E-state index contributed by atoms with van der Waals surface area (Å²) < 4.78 is 5.95. The molecule has 0 fully saturated rings. The van der Waals surface area contributed by atoms with Gasteiger partial charge < -0.3 is 10.1 Å². The van der Waals surface area contributed by atoms with E-state index in [-0.39, 0.29) is 0 Å². The Balaban J connectivity index is 2.14. The molecule has 2 aromatic rings. The highest BCUT2D eigenvalue weighted by molar-refractivity contribution is 6.30. The predicted molar refractivity (Wildman–Crippen MR) is 89.4 cm³/mol. The third kappa shape index (κ3) is 4.48. The second-order valence-electron chi connectivity index (χ2n) is 5.64. The van der Waals surface area contributed by atoms with Crippen LogP contribution >= 0.6 is 11.6 Å². The summed E-state index contributed by atoms with van der Waals surface area (Å²) in [4.78, 5) is 0. The minimum atomic E-state index is 0.481. The molecule has 112 valence electrons. The quantitative estimate of drug-likeness (QED) is 0.815.